The molecule has 0 atom stereocenters. The number of aliphatic carboxylic acids is 1. The fourth-order valence-corrected chi connectivity index (χ4v) is 3.77. The van der Waals surface area contributed by atoms with Crippen LogP contribution in [-0.4, -0.2) is 21.4 Å². The predicted octanol–water partition coefficient (Wildman–Crippen LogP) is 2.26. The smallest absolute Gasteiger partial charge is 0.210 e. The maximum absolute atomic E-state index is 12.2. The molecular weight excluding hydrogens is 346 g/mol. The molecule has 7 heteroatoms. The molecule has 0 saturated carbocycles. The Kier molecular flexibility index (Phi) is 4.46. The van der Waals surface area contributed by atoms with E-state index < -0.39 is 5.97 Å². The van der Waals surface area contributed by atoms with Crippen LogP contribution in [0.4, 0.5) is 0 Å². The first-order valence-electron chi connectivity index (χ1n) is 7.13. The number of hydrogen-bond acceptors (Lipinski definition) is 6. The Bertz CT molecular complexity index is 950. The zero-order chi connectivity index (χ0) is 17.3. The van der Waals surface area contributed by atoms with Crippen LogP contribution in [0.3, 0.4) is 0 Å². The number of hydrogen-bond donors (Lipinski definition) is 1. The zero-order valence-electron chi connectivity index (χ0n) is 12.4. The molecule has 122 valence electrons. The Morgan fingerprint density at radius 3 is 2.83 bits per heavy atom. The number of carboxylic acids is 1. The number of carbonyl (C=O) groups excluding carboxylic acids is 2. The van der Waals surface area contributed by atoms with Crippen molar-refractivity contribution in [1.29, 1.82) is 0 Å². The summed E-state index contributed by atoms with van der Waals surface area (Å²) in [5, 5.41) is 20.9. The highest BCUT2D eigenvalue weighted by Crippen LogP contribution is 2.33. The molecular formula is C17H12NO4S2-. The van der Waals surface area contributed by atoms with Gasteiger partial charge in [-0.3, -0.25) is 9.36 Å². The van der Waals surface area contributed by atoms with Crippen molar-refractivity contribution in [2.75, 3.05) is 0 Å². The van der Waals surface area contributed by atoms with Crippen LogP contribution in [0.2, 0.25) is 0 Å². The van der Waals surface area contributed by atoms with Crippen molar-refractivity contribution < 1.29 is 19.8 Å². The van der Waals surface area contributed by atoms with Gasteiger partial charge in [0.1, 0.15) is 0 Å². The third kappa shape index (κ3) is 3.08. The van der Waals surface area contributed by atoms with Crippen LogP contribution in [-0.2, 0) is 16.1 Å². The van der Waals surface area contributed by atoms with Gasteiger partial charge in [-0.05, 0) is 35.5 Å². The second kappa shape index (κ2) is 6.54. The highest BCUT2D eigenvalue weighted by atomic mass is 32.1. The minimum atomic E-state index is -1.22. The molecule has 0 aliphatic heterocycles. The van der Waals surface area contributed by atoms with E-state index in [1.807, 2.05) is 24.3 Å². The van der Waals surface area contributed by atoms with E-state index in [0.717, 1.165) is 22.5 Å². The van der Waals surface area contributed by atoms with Gasteiger partial charge in [0.25, 0.3) is 0 Å². The van der Waals surface area contributed by atoms with E-state index in [0.29, 0.717) is 14.4 Å². The van der Waals surface area contributed by atoms with Crippen LogP contribution in [0.5, 0.6) is 5.88 Å². The Morgan fingerprint density at radius 2 is 2.08 bits per heavy atom. The fraction of sp³-hybridized carbons (Fsp3) is 0.118. The summed E-state index contributed by atoms with van der Waals surface area (Å²) in [4.78, 5) is 23.2. The monoisotopic (exact) mass is 358 g/mol. The van der Waals surface area contributed by atoms with Gasteiger partial charge in [-0.25, -0.2) is 0 Å². The van der Waals surface area contributed by atoms with Crippen molar-refractivity contribution in [3.05, 3.63) is 50.3 Å². The number of ketones is 1. The summed E-state index contributed by atoms with van der Waals surface area (Å²) in [6, 6.07) is 7.46. The molecule has 0 bridgehead atoms. The van der Waals surface area contributed by atoms with Gasteiger partial charge in [-0.1, -0.05) is 30.3 Å². The number of benzene rings is 1. The zero-order valence-corrected chi connectivity index (χ0v) is 14.0. The molecule has 0 amide bonds. The highest BCUT2D eigenvalue weighted by Gasteiger charge is 2.19. The number of carboxylic acid groups (broad SMARTS) is 1. The normalized spacial score (nSPS) is 14.8. The molecule has 3 rings (SSSR count). The van der Waals surface area contributed by atoms with Crippen LogP contribution < -0.4 is 5.11 Å². The van der Waals surface area contributed by atoms with Crippen molar-refractivity contribution in [2.24, 2.45) is 0 Å². The predicted molar refractivity (Wildman–Crippen MR) is 92.8 cm³/mol. The number of rotatable bonds is 4. The number of fused-ring (bicyclic) bond motifs is 1. The fourth-order valence-electron chi connectivity index (χ4n) is 2.46. The molecule has 1 aliphatic rings. The Balaban J connectivity index is 2.04. The number of aromatic hydroxyl groups is 1. The number of thiazole rings is 1. The summed E-state index contributed by atoms with van der Waals surface area (Å²) in [5.74, 6) is -1.52. The Labute approximate surface area is 146 Å². The standard InChI is InChI=1S/C17H13NO4S2/c19-13-6-5-10-3-1-2-4-11(10)12(13)9-14-16(22)18(17(23)24-14)8-7-15(20)21/h1-6,9,22H,7-8H2,(H,20,21)/p-1/b12-9-. The lowest BCUT2D eigenvalue weighted by atomic mass is 9.91. The molecule has 24 heavy (non-hydrogen) atoms. The van der Waals surface area contributed by atoms with Crippen molar-refractivity contribution in [1.82, 2.24) is 4.57 Å². The largest absolute Gasteiger partial charge is 0.550 e. The average molecular weight is 358 g/mol. The molecule has 1 aromatic carbocycles. The van der Waals surface area contributed by atoms with E-state index in [-0.39, 0.29) is 24.6 Å². The van der Waals surface area contributed by atoms with Crippen molar-refractivity contribution in [3.63, 3.8) is 0 Å². The Morgan fingerprint density at radius 1 is 1.33 bits per heavy atom. The van der Waals surface area contributed by atoms with Gasteiger partial charge in [0.15, 0.2) is 9.74 Å². The summed E-state index contributed by atoms with van der Waals surface area (Å²) in [5.41, 5.74) is 2.17. The minimum Gasteiger partial charge on any atom is -0.550 e. The van der Waals surface area contributed by atoms with Gasteiger partial charge in [0.2, 0.25) is 5.88 Å². The van der Waals surface area contributed by atoms with Crippen LogP contribution in [0.25, 0.3) is 17.7 Å². The number of carbonyl (C=O) groups is 2. The summed E-state index contributed by atoms with van der Waals surface area (Å²) >= 11 is 6.29. The SMILES string of the molecule is O=C([O-])CCn1c(O)c(/C=C2\C(=O)C=Cc3ccccc32)sc1=S. The van der Waals surface area contributed by atoms with E-state index >= 15 is 0 Å². The summed E-state index contributed by atoms with van der Waals surface area (Å²) in [7, 11) is 0. The maximum Gasteiger partial charge on any atom is 0.210 e. The average Bonchev–Trinajstić information content (AvgIpc) is 2.82. The maximum atomic E-state index is 12.2. The summed E-state index contributed by atoms with van der Waals surface area (Å²) < 4.78 is 1.67. The molecule has 0 radical (unpaired) electrons. The number of aromatic nitrogens is 1. The molecule has 2 aromatic rings. The van der Waals surface area contributed by atoms with Crippen molar-refractivity contribution >= 4 is 53.0 Å². The molecule has 0 fully saturated rings. The molecule has 0 saturated heterocycles. The van der Waals surface area contributed by atoms with E-state index in [2.05, 4.69) is 0 Å². The van der Waals surface area contributed by atoms with Gasteiger partial charge in [0.05, 0.1) is 4.88 Å². The first-order chi connectivity index (χ1) is 11.5. The second-order valence-electron chi connectivity index (χ2n) is 5.17. The highest BCUT2D eigenvalue weighted by molar-refractivity contribution is 7.73. The quantitative estimate of drug-likeness (QED) is 0.670. The van der Waals surface area contributed by atoms with Crippen molar-refractivity contribution in [2.45, 2.75) is 13.0 Å². The van der Waals surface area contributed by atoms with E-state index in [4.69, 9.17) is 12.2 Å². The molecule has 0 unspecified atom stereocenters. The van der Waals surface area contributed by atoms with Crippen LogP contribution >= 0.6 is 23.6 Å². The topological polar surface area (TPSA) is 82.4 Å². The summed E-state index contributed by atoms with van der Waals surface area (Å²) in [6.45, 7) is 0.0249. The number of allylic oxidation sites excluding steroid dienone is 2. The first-order valence-corrected chi connectivity index (χ1v) is 8.36. The van der Waals surface area contributed by atoms with Gasteiger partial charge >= 0.3 is 0 Å². The van der Waals surface area contributed by atoms with E-state index in [1.165, 1.54) is 10.6 Å². The lowest BCUT2D eigenvalue weighted by Gasteiger charge is -2.12. The first kappa shape index (κ1) is 16.4. The van der Waals surface area contributed by atoms with Crippen LogP contribution in [0.1, 0.15) is 22.4 Å². The lowest BCUT2D eigenvalue weighted by molar-refractivity contribution is -0.305. The molecule has 1 aromatic heterocycles. The van der Waals surface area contributed by atoms with Gasteiger partial charge < -0.3 is 15.0 Å². The molecule has 1 heterocycles. The van der Waals surface area contributed by atoms with Crippen molar-refractivity contribution in [3.8, 4) is 5.88 Å². The van der Waals surface area contributed by atoms with Gasteiger partial charge in [0, 0.05) is 24.5 Å². The lowest BCUT2D eigenvalue weighted by Crippen LogP contribution is -2.23. The molecule has 1 N–H and O–H groups in total. The van der Waals surface area contributed by atoms with E-state index in [1.54, 1.807) is 12.2 Å². The molecule has 5 nitrogen and oxygen atoms in total. The molecule has 0 spiro atoms. The van der Waals surface area contributed by atoms with E-state index in [9.17, 15) is 19.8 Å². The van der Waals surface area contributed by atoms with Gasteiger partial charge in [-0.2, -0.15) is 0 Å². The molecule has 1 aliphatic carbocycles. The third-order valence-corrected chi connectivity index (χ3v) is 5.03. The van der Waals surface area contributed by atoms with Crippen LogP contribution in [0.15, 0.2) is 30.3 Å². The minimum absolute atomic E-state index is 0.0249. The number of nitrogens with zero attached hydrogens (tertiary/aromatic N) is 1. The van der Waals surface area contributed by atoms with Gasteiger partial charge in [-0.15, -0.1) is 11.3 Å². The Hall–Kier alpha value is -2.51. The second-order valence-corrected chi connectivity index (χ2v) is 6.85. The van der Waals surface area contributed by atoms with Crippen LogP contribution in [0, 0.1) is 3.95 Å². The third-order valence-electron chi connectivity index (χ3n) is 3.64. The summed E-state index contributed by atoms with van der Waals surface area (Å²) in [6.07, 6.45) is 4.58.